The molecule has 60 valence electrons. The fourth-order valence-corrected chi connectivity index (χ4v) is 0.763. The van der Waals surface area contributed by atoms with Crippen LogP contribution < -0.4 is 5.32 Å². The molecule has 0 spiro atoms. The summed E-state index contributed by atoms with van der Waals surface area (Å²) in [6.45, 7) is 1.95. The van der Waals surface area contributed by atoms with E-state index in [1.807, 2.05) is 0 Å². The van der Waals surface area contributed by atoms with Crippen LogP contribution in [0.3, 0.4) is 0 Å². The van der Waals surface area contributed by atoms with Gasteiger partial charge in [-0.15, -0.1) is 24.7 Å². The fourth-order valence-electron chi connectivity index (χ4n) is 0.763. The zero-order valence-corrected chi connectivity index (χ0v) is 6.90. The average Bonchev–Trinajstić information content (AvgIpc) is 2.03. The molecule has 11 heavy (non-hydrogen) atoms. The predicted molar refractivity (Wildman–Crippen MR) is 49.0 cm³/mol. The molecule has 0 amide bonds. The van der Waals surface area contributed by atoms with Gasteiger partial charge in [-0.05, 0) is 19.4 Å². The lowest BCUT2D eigenvalue weighted by molar-refractivity contribution is 0.636. The van der Waals surface area contributed by atoms with Gasteiger partial charge in [-0.2, -0.15) is 0 Å². The molecule has 0 aromatic carbocycles. The van der Waals surface area contributed by atoms with Crippen LogP contribution in [0.4, 0.5) is 0 Å². The average molecular weight is 149 g/mol. The molecular weight excluding hydrogens is 134 g/mol. The molecule has 0 heterocycles. The van der Waals surface area contributed by atoms with E-state index < -0.39 is 0 Å². The maximum Gasteiger partial charge on any atom is 0.0211 e. The van der Waals surface area contributed by atoms with Crippen LogP contribution in [-0.4, -0.2) is 13.1 Å². The van der Waals surface area contributed by atoms with Crippen molar-refractivity contribution in [1.82, 2.24) is 5.32 Å². The van der Waals surface area contributed by atoms with E-state index in [0.29, 0.717) is 0 Å². The van der Waals surface area contributed by atoms with Crippen molar-refractivity contribution in [2.45, 2.75) is 25.7 Å². The first-order valence-electron chi connectivity index (χ1n) is 3.99. The van der Waals surface area contributed by atoms with Gasteiger partial charge in [0.15, 0.2) is 0 Å². The molecule has 0 fully saturated rings. The van der Waals surface area contributed by atoms with Gasteiger partial charge in [0.05, 0.1) is 0 Å². The monoisotopic (exact) mass is 149 g/mol. The third-order valence-corrected chi connectivity index (χ3v) is 1.37. The van der Waals surface area contributed by atoms with Gasteiger partial charge >= 0.3 is 0 Å². The summed E-state index contributed by atoms with van der Waals surface area (Å²) in [5.41, 5.74) is 0. The number of nitrogens with one attached hydrogen (secondary N) is 1. The summed E-state index contributed by atoms with van der Waals surface area (Å²) in [7, 11) is 0. The minimum absolute atomic E-state index is 0.815. The zero-order valence-electron chi connectivity index (χ0n) is 6.90. The molecule has 1 heteroatoms. The molecular formula is C10H15N. The second-order valence-electron chi connectivity index (χ2n) is 2.37. The van der Waals surface area contributed by atoms with Crippen LogP contribution in [0.1, 0.15) is 25.7 Å². The van der Waals surface area contributed by atoms with Gasteiger partial charge in [-0.1, -0.05) is 0 Å². The topological polar surface area (TPSA) is 12.0 Å². The van der Waals surface area contributed by atoms with Crippen LogP contribution in [0.15, 0.2) is 0 Å². The van der Waals surface area contributed by atoms with Gasteiger partial charge in [0.2, 0.25) is 0 Å². The highest BCUT2D eigenvalue weighted by molar-refractivity contribution is 4.84. The summed E-state index contributed by atoms with van der Waals surface area (Å²) in [6.07, 6.45) is 14.1. The van der Waals surface area contributed by atoms with Gasteiger partial charge in [0, 0.05) is 19.4 Å². The molecule has 0 bridgehead atoms. The van der Waals surface area contributed by atoms with E-state index in [2.05, 4.69) is 17.2 Å². The predicted octanol–water partition coefficient (Wildman–Crippen LogP) is 1.40. The van der Waals surface area contributed by atoms with Gasteiger partial charge in [0.25, 0.3) is 0 Å². The summed E-state index contributed by atoms with van der Waals surface area (Å²) in [6, 6.07) is 0. The summed E-state index contributed by atoms with van der Waals surface area (Å²) in [5.74, 6) is 5.18. The Morgan fingerprint density at radius 1 is 0.909 bits per heavy atom. The number of hydrogen-bond donors (Lipinski definition) is 1. The van der Waals surface area contributed by atoms with Crippen LogP contribution >= 0.6 is 0 Å². The Balaban J connectivity index is 2.82. The van der Waals surface area contributed by atoms with Gasteiger partial charge in [0.1, 0.15) is 0 Å². The van der Waals surface area contributed by atoms with Gasteiger partial charge in [-0.3, -0.25) is 0 Å². The van der Waals surface area contributed by atoms with E-state index in [-0.39, 0.29) is 0 Å². The Hall–Kier alpha value is -0.920. The highest BCUT2D eigenvalue weighted by Crippen LogP contribution is 1.90. The Labute approximate surface area is 69.6 Å². The number of terminal acetylenes is 2. The molecule has 0 aliphatic rings. The maximum atomic E-state index is 5.09. The van der Waals surface area contributed by atoms with Crippen molar-refractivity contribution in [3.05, 3.63) is 0 Å². The first-order valence-corrected chi connectivity index (χ1v) is 3.99. The lowest BCUT2D eigenvalue weighted by Crippen LogP contribution is -2.15. The highest BCUT2D eigenvalue weighted by atomic mass is 14.8. The summed E-state index contributed by atoms with van der Waals surface area (Å²) >= 11 is 0. The second-order valence-corrected chi connectivity index (χ2v) is 2.37. The lowest BCUT2D eigenvalue weighted by atomic mass is 10.2. The summed E-state index contributed by atoms with van der Waals surface area (Å²) in [4.78, 5) is 0. The fraction of sp³-hybridized carbons (Fsp3) is 0.600. The molecule has 0 aromatic rings. The molecule has 0 unspecified atom stereocenters. The molecule has 0 rings (SSSR count). The Morgan fingerprint density at radius 3 is 2.27 bits per heavy atom. The summed E-state index contributed by atoms with van der Waals surface area (Å²) in [5, 5.41) is 3.23. The lowest BCUT2D eigenvalue weighted by Gasteiger charge is -1.99. The minimum Gasteiger partial charge on any atom is -0.316 e. The van der Waals surface area contributed by atoms with E-state index in [1.54, 1.807) is 0 Å². The van der Waals surface area contributed by atoms with Crippen LogP contribution in [0.5, 0.6) is 0 Å². The third kappa shape index (κ3) is 9.08. The number of unbranched alkanes of at least 4 members (excludes halogenated alkanes) is 2. The smallest absolute Gasteiger partial charge is 0.0211 e. The molecule has 0 saturated heterocycles. The SMILES string of the molecule is C#CCCCCNCCC#C. The van der Waals surface area contributed by atoms with Crippen molar-refractivity contribution in [3.63, 3.8) is 0 Å². The van der Waals surface area contributed by atoms with Crippen molar-refractivity contribution >= 4 is 0 Å². The number of rotatable bonds is 6. The minimum atomic E-state index is 0.815. The van der Waals surface area contributed by atoms with Gasteiger partial charge in [-0.25, -0.2) is 0 Å². The van der Waals surface area contributed by atoms with Crippen LogP contribution in [0.25, 0.3) is 0 Å². The number of hydrogen-bond acceptors (Lipinski definition) is 1. The Bertz CT molecular complexity index is 129. The molecule has 0 saturated carbocycles. The molecule has 0 atom stereocenters. The van der Waals surface area contributed by atoms with Crippen molar-refractivity contribution in [2.24, 2.45) is 0 Å². The van der Waals surface area contributed by atoms with Gasteiger partial charge < -0.3 is 5.32 Å². The largest absolute Gasteiger partial charge is 0.316 e. The molecule has 1 nitrogen and oxygen atoms in total. The summed E-state index contributed by atoms with van der Waals surface area (Å²) < 4.78 is 0. The van der Waals surface area contributed by atoms with Crippen LogP contribution in [-0.2, 0) is 0 Å². The Morgan fingerprint density at radius 2 is 1.64 bits per heavy atom. The molecule has 0 radical (unpaired) electrons. The van der Waals surface area contributed by atoms with Crippen molar-refractivity contribution in [1.29, 1.82) is 0 Å². The van der Waals surface area contributed by atoms with Crippen LogP contribution in [0.2, 0.25) is 0 Å². The van der Waals surface area contributed by atoms with E-state index in [9.17, 15) is 0 Å². The Kier molecular flexibility index (Phi) is 8.32. The van der Waals surface area contributed by atoms with E-state index in [1.165, 1.54) is 0 Å². The first-order chi connectivity index (χ1) is 5.41. The zero-order chi connectivity index (χ0) is 8.36. The maximum absolute atomic E-state index is 5.09. The van der Waals surface area contributed by atoms with Crippen molar-refractivity contribution in [3.8, 4) is 24.7 Å². The molecule has 1 N–H and O–H groups in total. The molecule has 0 aliphatic heterocycles. The normalized spacial score (nSPS) is 8.55. The quantitative estimate of drug-likeness (QED) is 0.444. The van der Waals surface area contributed by atoms with Crippen molar-refractivity contribution < 1.29 is 0 Å². The van der Waals surface area contributed by atoms with E-state index in [0.717, 1.165) is 38.8 Å². The first kappa shape index (κ1) is 10.1. The van der Waals surface area contributed by atoms with Crippen molar-refractivity contribution in [2.75, 3.05) is 13.1 Å². The van der Waals surface area contributed by atoms with Crippen LogP contribution in [0, 0.1) is 24.7 Å². The van der Waals surface area contributed by atoms with E-state index >= 15 is 0 Å². The molecule has 0 aromatic heterocycles. The third-order valence-electron chi connectivity index (χ3n) is 1.37. The standard InChI is InChI=1S/C10H15N/c1-3-5-7-8-10-11-9-6-4-2/h1-2,11H,5-10H2. The molecule has 0 aliphatic carbocycles. The van der Waals surface area contributed by atoms with E-state index in [4.69, 9.17) is 12.8 Å². The highest BCUT2D eigenvalue weighted by Gasteiger charge is 1.85. The second kappa shape index (κ2) is 9.08.